The van der Waals surface area contributed by atoms with Gasteiger partial charge in [-0.05, 0) is 31.9 Å². The van der Waals surface area contributed by atoms with Crippen LogP contribution in [0.15, 0.2) is 24.3 Å². The van der Waals surface area contributed by atoms with Gasteiger partial charge in [0.1, 0.15) is 4.32 Å². The number of thioether (sulfide) groups is 1. The highest BCUT2D eigenvalue weighted by Gasteiger charge is 2.39. The van der Waals surface area contributed by atoms with Crippen LogP contribution in [0, 0.1) is 6.92 Å². The predicted molar refractivity (Wildman–Crippen MR) is 99.1 cm³/mol. The number of carbonyl (C=O) groups excluding carboxylic acids is 2. The molecule has 2 amide bonds. The number of nitrogens with zero attached hydrogens (tertiary/aromatic N) is 1. The second-order valence-corrected chi connectivity index (χ2v) is 7.91. The maximum Gasteiger partial charge on any atom is 0.242 e. The number of ether oxygens (including phenoxy) is 1. The Hall–Kier alpha value is -1.44. The van der Waals surface area contributed by atoms with Gasteiger partial charge in [0, 0.05) is 18.7 Å². The third-order valence-electron chi connectivity index (χ3n) is 4.12. The van der Waals surface area contributed by atoms with Crippen LogP contribution >= 0.6 is 24.0 Å². The summed E-state index contributed by atoms with van der Waals surface area (Å²) in [6, 6.07) is 7.57. The Kier molecular flexibility index (Phi) is 5.53. The summed E-state index contributed by atoms with van der Waals surface area (Å²) in [6.07, 6.45) is 2.16. The molecule has 1 N–H and O–H groups in total. The van der Waals surface area contributed by atoms with Gasteiger partial charge in [0.15, 0.2) is 0 Å². The molecule has 0 aliphatic carbocycles. The lowest BCUT2D eigenvalue weighted by atomic mass is 10.2. The summed E-state index contributed by atoms with van der Waals surface area (Å²) in [4.78, 5) is 26.3. The number of hydrogen-bond acceptors (Lipinski definition) is 5. The van der Waals surface area contributed by atoms with Crippen LogP contribution in [0.1, 0.15) is 24.8 Å². The molecule has 2 heterocycles. The van der Waals surface area contributed by atoms with E-state index < -0.39 is 5.25 Å². The Labute approximate surface area is 151 Å². The smallest absolute Gasteiger partial charge is 0.242 e. The van der Waals surface area contributed by atoms with Gasteiger partial charge < -0.3 is 10.1 Å². The van der Waals surface area contributed by atoms with Crippen LogP contribution in [0.3, 0.4) is 0 Å². The minimum absolute atomic E-state index is 0.0626. The molecule has 7 heteroatoms. The Morgan fingerprint density at radius 2 is 2.17 bits per heavy atom. The summed E-state index contributed by atoms with van der Waals surface area (Å²) < 4.78 is 6.12. The van der Waals surface area contributed by atoms with Crippen molar-refractivity contribution in [3.63, 3.8) is 0 Å². The highest BCUT2D eigenvalue weighted by molar-refractivity contribution is 8.24. The summed E-state index contributed by atoms with van der Waals surface area (Å²) in [5, 5.41) is 2.39. The van der Waals surface area contributed by atoms with E-state index in [0.717, 1.165) is 30.7 Å². The Bertz CT molecular complexity index is 642. The normalized spacial score (nSPS) is 23.8. The first kappa shape index (κ1) is 17.4. The summed E-state index contributed by atoms with van der Waals surface area (Å²) in [5.41, 5.74) is 1.87. The van der Waals surface area contributed by atoms with Gasteiger partial charge in [0.05, 0.1) is 17.9 Å². The lowest BCUT2D eigenvalue weighted by Crippen LogP contribution is -2.38. The van der Waals surface area contributed by atoms with E-state index in [1.165, 1.54) is 11.8 Å². The number of amides is 2. The van der Waals surface area contributed by atoms with Crippen molar-refractivity contribution in [1.29, 1.82) is 0 Å². The Morgan fingerprint density at radius 1 is 1.42 bits per heavy atom. The van der Waals surface area contributed by atoms with Gasteiger partial charge in [-0.15, -0.1) is 0 Å². The maximum atomic E-state index is 12.5. The van der Waals surface area contributed by atoms with Gasteiger partial charge in [0.2, 0.25) is 11.8 Å². The van der Waals surface area contributed by atoms with Crippen LogP contribution in [0.2, 0.25) is 0 Å². The summed E-state index contributed by atoms with van der Waals surface area (Å²) in [5.74, 6) is -0.258. The van der Waals surface area contributed by atoms with Crippen LogP contribution in [0.25, 0.3) is 0 Å². The lowest BCUT2D eigenvalue weighted by molar-refractivity contribution is -0.129. The van der Waals surface area contributed by atoms with Crippen LogP contribution < -0.4 is 5.32 Å². The molecule has 2 fully saturated rings. The van der Waals surface area contributed by atoms with E-state index in [4.69, 9.17) is 17.0 Å². The van der Waals surface area contributed by atoms with E-state index in [-0.39, 0.29) is 24.3 Å². The van der Waals surface area contributed by atoms with E-state index >= 15 is 0 Å². The maximum absolute atomic E-state index is 12.5. The third kappa shape index (κ3) is 4.15. The molecule has 0 bridgehead atoms. The topological polar surface area (TPSA) is 58.6 Å². The van der Waals surface area contributed by atoms with Crippen molar-refractivity contribution >= 4 is 45.8 Å². The fraction of sp³-hybridized carbons (Fsp3) is 0.471. The number of aryl methyl sites for hydroxylation is 1. The first-order valence-corrected chi connectivity index (χ1v) is 9.32. The molecular formula is C17H20N2O3S2. The zero-order valence-corrected chi connectivity index (χ0v) is 15.1. The van der Waals surface area contributed by atoms with E-state index in [2.05, 4.69) is 5.32 Å². The highest BCUT2D eigenvalue weighted by Crippen LogP contribution is 2.31. The molecule has 3 rings (SSSR count). The van der Waals surface area contributed by atoms with Gasteiger partial charge in [-0.1, -0.05) is 41.7 Å². The van der Waals surface area contributed by atoms with Crippen LogP contribution in [-0.4, -0.2) is 45.5 Å². The first-order valence-electron chi connectivity index (χ1n) is 8.03. The van der Waals surface area contributed by atoms with E-state index in [1.807, 2.05) is 31.2 Å². The number of benzene rings is 1. The fourth-order valence-corrected chi connectivity index (χ4v) is 4.31. The van der Waals surface area contributed by atoms with Crippen molar-refractivity contribution in [3.8, 4) is 0 Å². The summed E-state index contributed by atoms with van der Waals surface area (Å²) >= 11 is 6.60. The molecule has 0 aromatic heterocycles. The highest BCUT2D eigenvalue weighted by atomic mass is 32.2. The molecular weight excluding hydrogens is 344 g/mol. The zero-order chi connectivity index (χ0) is 17.1. The second-order valence-electron chi connectivity index (χ2n) is 6.07. The molecule has 128 valence electrons. The van der Waals surface area contributed by atoms with Crippen molar-refractivity contribution in [2.75, 3.05) is 18.5 Å². The molecule has 0 spiro atoms. The van der Waals surface area contributed by atoms with Gasteiger partial charge >= 0.3 is 0 Å². The SMILES string of the molecule is Cc1ccc(NC(=O)C[C@H]2SC(=S)N(C[C@H]3CCCO3)C2=O)cc1. The molecule has 2 aliphatic heterocycles. The number of thiocarbonyl (C=S) groups is 1. The summed E-state index contributed by atoms with van der Waals surface area (Å²) in [6.45, 7) is 3.23. The number of nitrogens with one attached hydrogen (secondary N) is 1. The van der Waals surface area contributed by atoms with Gasteiger partial charge in [-0.2, -0.15) is 0 Å². The molecule has 2 aliphatic rings. The van der Waals surface area contributed by atoms with Gasteiger partial charge in [0.25, 0.3) is 0 Å². The average molecular weight is 364 g/mol. The fourth-order valence-electron chi connectivity index (χ4n) is 2.80. The third-order valence-corrected chi connectivity index (χ3v) is 5.71. The monoisotopic (exact) mass is 364 g/mol. The van der Waals surface area contributed by atoms with Crippen molar-refractivity contribution in [2.24, 2.45) is 0 Å². The standard InChI is InChI=1S/C17H20N2O3S2/c1-11-4-6-12(7-5-11)18-15(20)9-14-16(21)19(17(23)24-14)10-13-3-2-8-22-13/h4-7,13-14H,2-3,8-10H2,1H3,(H,18,20)/t13-,14-/m1/s1. The molecule has 0 saturated carbocycles. The van der Waals surface area contributed by atoms with Gasteiger partial charge in [-0.3, -0.25) is 14.5 Å². The van der Waals surface area contributed by atoms with Crippen LogP contribution in [0.5, 0.6) is 0 Å². The first-order chi connectivity index (χ1) is 11.5. The Morgan fingerprint density at radius 3 is 2.83 bits per heavy atom. The van der Waals surface area contributed by atoms with Gasteiger partial charge in [-0.25, -0.2) is 0 Å². The number of hydrogen-bond donors (Lipinski definition) is 1. The predicted octanol–water partition coefficient (Wildman–Crippen LogP) is 2.73. The second kappa shape index (κ2) is 7.63. The van der Waals surface area contributed by atoms with Crippen molar-refractivity contribution in [3.05, 3.63) is 29.8 Å². The molecule has 2 saturated heterocycles. The number of rotatable bonds is 5. The van der Waals surface area contributed by atoms with E-state index in [1.54, 1.807) is 4.90 Å². The number of anilines is 1. The number of carbonyl (C=O) groups is 2. The zero-order valence-electron chi connectivity index (χ0n) is 13.5. The molecule has 24 heavy (non-hydrogen) atoms. The quantitative estimate of drug-likeness (QED) is 0.814. The van der Waals surface area contributed by atoms with E-state index in [9.17, 15) is 9.59 Å². The van der Waals surface area contributed by atoms with Crippen molar-refractivity contribution < 1.29 is 14.3 Å². The lowest BCUT2D eigenvalue weighted by Gasteiger charge is -2.19. The average Bonchev–Trinajstić information content (AvgIpc) is 3.14. The molecule has 0 radical (unpaired) electrons. The molecule has 5 nitrogen and oxygen atoms in total. The minimum Gasteiger partial charge on any atom is -0.376 e. The Balaban J connectivity index is 1.55. The molecule has 2 atom stereocenters. The van der Waals surface area contributed by atoms with E-state index in [0.29, 0.717) is 10.9 Å². The van der Waals surface area contributed by atoms with Crippen molar-refractivity contribution in [2.45, 2.75) is 37.5 Å². The molecule has 1 aromatic carbocycles. The summed E-state index contributed by atoms with van der Waals surface area (Å²) in [7, 11) is 0. The molecule has 1 aromatic rings. The molecule has 0 unspecified atom stereocenters. The largest absolute Gasteiger partial charge is 0.376 e. The van der Waals surface area contributed by atoms with Crippen LogP contribution in [-0.2, 0) is 14.3 Å². The van der Waals surface area contributed by atoms with Crippen molar-refractivity contribution in [1.82, 2.24) is 4.90 Å². The minimum atomic E-state index is -0.440. The van der Waals surface area contributed by atoms with Crippen LogP contribution in [0.4, 0.5) is 5.69 Å².